The maximum Gasteiger partial charge on any atom is 0.233 e. The minimum absolute atomic E-state index is 0.0368. The fraction of sp³-hybridized carbons (Fsp3) is 0.500. The second-order valence-corrected chi connectivity index (χ2v) is 8.95. The maximum absolute atomic E-state index is 13.3. The first-order valence-electron chi connectivity index (χ1n) is 11.0. The Labute approximate surface area is 182 Å². The van der Waals surface area contributed by atoms with Crippen molar-refractivity contribution in [2.45, 2.75) is 65.5 Å². The lowest BCUT2D eigenvalue weighted by atomic mass is 9.99. The molecule has 1 aromatic carbocycles. The van der Waals surface area contributed by atoms with Crippen molar-refractivity contribution in [2.24, 2.45) is 5.92 Å². The molecule has 7 heteroatoms. The van der Waals surface area contributed by atoms with Gasteiger partial charge >= 0.3 is 0 Å². The SMILES string of the molecule is Cc1nc(C2CCCCN2C(=O)CC(C)C)nc2c1CC(=O)N2Cc1ccc(F)cc1. The molecule has 1 unspecified atom stereocenters. The zero-order chi connectivity index (χ0) is 22.1. The van der Waals surface area contributed by atoms with E-state index in [1.54, 1.807) is 17.0 Å². The van der Waals surface area contributed by atoms with Crippen molar-refractivity contribution in [3.63, 3.8) is 0 Å². The van der Waals surface area contributed by atoms with E-state index in [2.05, 4.69) is 0 Å². The summed E-state index contributed by atoms with van der Waals surface area (Å²) in [5.41, 5.74) is 2.47. The number of likely N-dealkylation sites (tertiary alicyclic amines) is 1. The lowest BCUT2D eigenvalue weighted by Crippen LogP contribution is -2.40. The van der Waals surface area contributed by atoms with Gasteiger partial charge in [0, 0.05) is 24.2 Å². The minimum atomic E-state index is -0.305. The standard InChI is InChI=1S/C24H29FN4O2/c1-15(2)12-21(30)28-11-5-4-6-20(28)23-26-16(3)19-13-22(31)29(24(19)27-23)14-17-7-9-18(25)10-8-17/h7-10,15,20H,4-6,11-14H2,1-3H3. The molecule has 3 heterocycles. The lowest BCUT2D eigenvalue weighted by molar-refractivity contribution is -0.136. The number of piperidine rings is 1. The van der Waals surface area contributed by atoms with E-state index in [1.807, 2.05) is 25.7 Å². The van der Waals surface area contributed by atoms with E-state index in [4.69, 9.17) is 9.97 Å². The van der Waals surface area contributed by atoms with E-state index in [0.29, 0.717) is 37.1 Å². The molecular weight excluding hydrogens is 395 g/mol. The molecule has 0 aliphatic carbocycles. The van der Waals surface area contributed by atoms with E-state index in [-0.39, 0.29) is 30.1 Å². The van der Waals surface area contributed by atoms with Crippen molar-refractivity contribution in [3.8, 4) is 0 Å². The van der Waals surface area contributed by atoms with E-state index in [0.717, 1.165) is 36.1 Å². The van der Waals surface area contributed by atoms with Crippen LogP contribution >= 0.6 is 0 Å². The molecule has 6 nitrogen and oxygen atoms in total. The van der Waals surface area contributed by atoms with Gasteiger partial charge in [0.15, 0.2) is 5.82 Å². The first-order chi connectivity index (χ1) is 14.8. The van der Waals surface area contributed by atoms with Crippen LogP contribution in [0.1, 0.15) is 68.2 Å². The van der Waals surface area contributed by atoms with Gasteiger partial charge in [0.25, 0.3) is 0 Å². The predicted octanol–water partition coefficient (Wildman–Crippen LogP) is 4.11. The van der Waals surface area contributed by atoms with E-state index < -0.39 is 0 Å². The number of carbonyl (C=O) groups excluding carboxylic acids is 2. The molecule has 0 N–H and O–H groups in total. The topological polar surface area (TPSA) is 66.4 Å². The smallest absolute Gasteiger partial charge is 0.233 e. The molecule has 0 radical (unpaired) electrons. The number of benzene rings is 1. The molecular formula is C24H29FN4O2. The van der Waals surface area contributed by atoms with Crippen LogP contribution in [0.3, 0.4) is 0 Å². The summed E-state index contributed by atoms with van der Waals surface area (Å²) in [6.07, 6.45) is 3.61. The molecule has 2 aliphatic heterocycles. The number of fused-ring (bicyclic) bond motifs is 1. The highest BCUT2D eigenvalue weighted by Crippen LogP contribution is 2.35. The fourth-order valence-corrected chi connectivity index (χ4v) is 4.45. The van der Waals surface area contributed by atoms with Crippen LogP contribution in [0, 0.1) is 18.7 Å². The zero-order valence-corrected chi connectivity index (χ0v) is 18.4. The van der Waals surface area contributed by atoms with Gasteiger partial charge < -0.3 is 4.90 Å². The molecule has 1 saturated heterocycles. The zero-order valence-electron chi connectivity index (χ0n) is 18.4. The van der Waals surface area contributed by atoms with Gasteiger partial charge in [-0.1, -0.05) is 26.0 Å². The van der Waals surface area contributed by atoms with Crippen molar-refractivity contribution in [1.29, 1.82) is 0 Å². The third kappa shape index (κ3) is 4.45. The third-order valence-electron chi connectivity index (χ3n) is 6.05. The number of aryl methyl sites for hydroxylation is 1. The Morgan fingerprint density at radius 1 is 1.19 bits per heavy atom. The van der Waals surface area contributed by atoms with Crippen LogP contribution in [0.4, 0.5) is 10.2 Å². The number of rotatable bonds is 5. The molecule has 0 saturated carbocycles. The first kappa shape index (κ1) is 21.4. The molecule has 1 aromatic heterocycles. The van der Waals surface area contributed by atoms with Crippen LogP contribution < -0.4 is 4.90 Å². The van der Waals surface area contributed by atoms with Gasteiger partial charge in [-0.3, -0.25) is 14.5 Å². The molecule has 2 amide bonds. The number of nitrogens with zero attached hydrogens (tertiary/aromatic N) is 4. The third-order valence-corrected chi connectivity index (χ3v) is 6.05. The normalized spacial score (nSPS) is 18.6. The molecule has 31 heavy (non-hydrogen) atoms. The summed E-state index contributed by atoms with van der Waals surface area (Å²) in [7, 11) is 0. The second kappa shape index (κ2) is 8.73. The Morgan fingerprint density at radius 2 is 1.94 bits per heavy atom. The number of hydrogen-bond acceptors (Lipinski definition) is 4. The average Bonchev–Trinajstić information content (AvgIpc) is 3.05. The number of aromatic nitrogens is 2. The van der Waals surface area contributed by atoms with Crippen LogP contribution in [0.25, 0.3) is 0 Å². The Balaban J connectivity index is 1.65. The number of hydrogen-bond donors (Lipinski definition) is 0. The molecule has 1 fully saturated rings. The van der Waals surface area contributed by atoms with Crippen molar-refractivity contribution < 1.29 is 14.0 Å². The van der Waals surface area contributed by atoms with Gasteiger partial charge in [0.1, 0.15) is 11.6 Å². The number of carbonyl (C=O) groups is 2. The number of amides is 2. The van der Waals surface area contributed by atoms with Crippen molar-refractivity contribution in [1.82, 2.24) is 14.9 Å². The Hall–Kier alpha value is -2.83. The van der Waals surface area contributed by atoms with E-state index in [9.17, 15) is 14.0 Å². The molecule has 0 bridgehead atoms. The quantitative estimate of drug-likeness (QED) is 0.724. The number of halogens is 1. The highest BCUT2D eigenvalue weighted by Gasteiger charge is 2.35. The largest absolute Gasteiger partial charge is 0.332 e. The van der Waals surface area contributed by atoms with Crippen LogP contribution in [0.5, 0.6) is 0 Å². The van der Waals surface area contributed by atoms with E-state index >= 15 is 0 Å². The highest BCUT2D eigenvalue weighted by atomic mass is 19.1. The minimum Gasteiger partial charge on any atom is -0.332 e. The van der Waals surface area contributed by atoms with Crippen molar-refractivity contribution >= 4 is 17.6 Å². The fourth-order valence-electron chi connectivity index (χ4n) is 4.45. The summed E-state index contributed by atoms with van der Waals surface area (Å²) in [6, 6.07) is 6.00. The molecule has 2 aliphatic rings. The summed E-state index contributed by atoms with van der Waals surface area (Å²) in [4.78, 5) is 38.8. The summed E-state index contributed by atoms with van der Waals surface area (Å²) in [5.74, 6) is 1.33. The second-order valence-electron chi connectivity index (χ2n) is 8.95. The van der Waals surface area contributed by atoms with Crippen LogP contribution in [-0.2, 0) is 22.6 Å². The average molecular weight is 425 g/mol. The molecule has 1 atom stereocenters. The Morgan fingerprint density at radius 3 is 2.65 bits per heavy atom. The van der Waals surface area contributed by atoms with Crippen molar-refractivity contribution in [3.05, 3.63) is 52.7 Å². The summed E-state index contributed by atoms with van der Waals surface area (Å²) >= 11 is 0. The van der Waals surface area contributed by atoms with Gasteiger partial charge in [-0.05, 0) is 49.8 Å². The number of anilines is 1. The van der Waals surface area contributed by atoms with Crippen LogP contribution in [0.15, 0.2) is 24.3 Å². The molecule has 2 aromatic rings. The van der Waals surface area contributed by atoms with Gasteiger partial charge in [0.2, 0.25) is 11.8 Å². The summed E-state index contributed by atoms with van der Waals surface area (Å²) in [5, 5.41) is 0. The molecule has 0 spiro atoms. The highest BCUT2D eigenvalue weighted by molar-refractivity contribution is 6.00. The monoisotopic (exact) mass is 424 g/mol. The van der Waals surface area contributed by atoms with E-state index in [1.165, 1.54) is 12.1 Å². The molecule has 4 rings (SSSR count). The maximum atomic E-state index is 13.3. The summed E-state index contributed by atoms with van der Waals surface area (Å²) < 4.78 is 13.3. The lowest BCUT2D eigenvalue weighted by Gasteiger charge is -2.35. The van der Waals surface area contributed by atoms with Gasteiger partial charge in [-0.25, -0.2) is 14.4 Å². The predicted molar refractivity (Wildman–Crippen MR) is 116 cm³/mol. The van der Waals surface area contributed by atoms with Crippen molar-refractivity contribution in [2.75, 3.05) is 11.4 Å². The Kier molecular flexibility index (Phi) is 6.03. The van der Waals surface area contributed by atoms with Gasteiger partial charge in [-0.2, -0.15) is 0 Å². The Bertz CT molecular complexity index is 990. The van der Waals surface area contributed by atoms with Gasteiger partial charge in [-0.15, -0.1) is 0 Å². The molecule has 164 valence electrons. The van der Waals surface area contributed by atoms with Crippen LogP contribution in [0.2, 0.25) is 0 Å². The summed E-state index contributed by atoms with van der Waals surface area (Å²) in [6.45, 7) is 7.05. The van der Waals surface area contributed by atoms with Gasteiger partial charge in [0.05, 0.1) is 19.0 Å². The first-order valence-corrected chi connectivity index (χ1v) is 11.0. The van der Waals surface area contributed by atoms with Crippen LogP contribution in [-0.4, -0.2) is 33.2 Å².